The molecular formula is C28H32ClF2NO4. The molecule has 5 aliphatic carbocycles. The van der Waals surface area contributed by atoms with Gasteiger partial charge in [0.2, 0.25) is 11.8 Å². The van der Waals surface area contributed by atoms with E-state index in [9.17, 15) is 23.5 Å². The quantitative estimate of drug-likeness (QED) is 0.435. The SMILES string of the molecule is C[C@@]1(c2ccc(OCCC3CCC3)c(Cl)c2)CC(=O)N(C23CC(C(=O)O)(C2)C3)C=C1C1CC(F)(F)C1. The van der Waals surface area contributed by atoms with Crippen LogP contribution in [-0.4, -0.2) is 40.0 Å². The van der Waals surface area contributed by atoms with E-state index in [1.165, 1.54) is 19.3 Å². The van der Waals surface area contributed by atoms with Crippen LogP contribution in [0, 0.1) is 17.3 Å². The first kappa shape index (κ1) is 24.2. The molecule has 5 fully saturated rings. The molecule has 5 saturated carbocycles. The van der Waals surface area contributed by atoms with Crippen molar-refractivity contribution in [2.45, 2.75) is 88.0 Å². The van der Waals surface area contributed by atoms with Crippen LogP contribution in [0.15, 0.2) is 30.0 Å². The van der Waals surface area contributed by atoms with Gasteiger partial charge in [0.1, 0.15) is 5.75 Å². The van der Waals surface area contributed by atoms with Crippen molar-refractivity contribution < 1.29 is 28.2 Å². The third-order valence-electron chi connectivity index (χ3n) is 9.75. The number of halogens is 3. The first-order valence-corrected chi connectivity index (χ1v) is 13.4. The summed E-state index contributed by atoms with van der Waals surface area (Å²) in [5.74, 6) is -2.61. The van der Waals surface area contributed by atoms with E-state index >= 15 is 0 Å². The van der Waals surface area contributed by atoms with Crippen LogP contribution in [0.5, 0.6) is 5.75 Å². The number of carbonyl (C=O) groups excluding carboxylic acids is 1. The van der Waals surface area contributed by atoms with Crippen molar-refractivity contribution in [1.29, 1.82) is 0 Å². The number of alkyl halides is 2. The van der Waals surface area contributed by atoms with Gasteiger partial charge in [0.15, 0.2) is 0 Å². The molecule has 2 bridgehead atoms. The van der Waals surface area contributed by atoms with Gasteiger partial charge in [-0.1, -0.05) is 43.9 Å². The fourth-order valence-electron chi connectivity index (χ4n) is 7.25. The molecule has 7 rings (SSSR count). The second-order valence-electron chi connectivity index (χ2n) is 12.2. The highest BCUT2D eigenvalue weighted by atomic mass is 35.5. The highest BCUT2D eigenvalue weighted by Gasteiger charge is 2.75. The van der Waals surface area contributed by atoms with Gasteiger partial charge in [-0.25, -0.2) is 8.78 Å². The van der Waals surface area contributed by atoms with Gasteiger partial charge in [-0.2, -0.15) is 0 Å². The summed E-state index contributed by atoms with van der Waals surface area (Å²) in [6.45, 7) is 2.55. The normalized spacial score (nSPS) is 35.2. The molecule has 0 aromatic heterocycles. The molecule has 8 heteroatoms. The van der Waals surface area contributed by atoms with Crippen LogP contribution in [0.4, 0.5) is 8.78 Å². The van der Waals surface area contributed by atoms with Gasteiger partial charge in [-0.3, -0.25) is 9.59 Å². The van der Waals surface area contributed by atoms with Gasteiger partial charge in [-0.15, -0.1) is 0 Å². The Balaban J connectivity index is 1.26. The second kappa shape index (κ2) is 7.92. The predicted octanol–water partition coefficient (Wildman–Crippen LogP) is 6.34. The van der Waals surface area contributed by atoms with E-state index in [1.54, 1.807) is 11.1 Å². The van der Waals surface area contributed by atoms with Gasteiger partial charge in [0.05, 0.1) is 22.6 Å². The molecule has 5 nitrogen and oxygen atoms in total. The smallest absolute Gasteiger partial charge is 0.309 e. The third-order valence-corrected chi connectivity index (χ3v) is 10.0. The topological polar surface area (TPSA) is 66.8 Å². The monoisotopic (exact) mass is 519 g/mol. The minimum absolute atomic E-state index is 0.0945. The average molecular weight is 520 g/mol. The number of carboxylic acid groups (broad SMARTS) is 1. The number of rotatable bonds is 8. The van der Waals surface area contributed by atoms with E-state index in [1.807, 2.05) is 25.1 Å². The maximum absolute atomic E-state index is 13.9. The molecule has 1 heterocycles. The van der Waals surface area contributed by atoms with Crippen LogP contribution in [0.1, 0.15) is 76.7 Å². The van der Waals surface area contributed by atoms with Gasteiger partial charge >= 0.3 is 5.97 Å². The van der Waals surface area contributed by atoms with Gasteiger partial charge in [0, 0.05) is 30.9 Å². The van der Waals surface area contributed by atoms with Crippen molar-refractivity contribution in [3.8, 4) is 5.75 Å². The Morgan fingerprint density at radius 3 is 2.47 bits per heavy atom. The minimum atomic E-state index is -2.70. The summed E-state index contributed by atoms with van der Waals surface area (Å²) in [4.78, 5) is 26.7. The number of benzene rings is 1. The zero-order valence-corrected chi connectivity index (χ0v) is 21.3. The van der Waals surface area contributed by atoms with Crippen LogP contribution in [0.3, 0.4) is 0 Å². The summed E-state index contributed by atoms with van der Waals surface area (Å²) in [6, 6.07) is 5.54. The van der Waals surface area contributed by atoms with Crippen molar-refractivity contribution in [2.75, 3.05) is 6.61 Å². The zero-order chi connectivity index (χ0) is 25.5. The van der Waals surface area contributed by atoms with Crippen molar-refractivity contribution in [3.05, 3.63) is 40.6 Å². The summed E-state index contributed by atoms with van der Waals surface area (Å²) < 4.78 is 33.8. The largest absolute Gasteiger partial charge is 0.492 e. The molecule has 1 aliphatic heterocycles. The van der Waals surface area contributed by atoms with Crippen LogP contribution in [0.2, 0.25) is 5.02 Å². The van der Waals surface area contributed by atoms with Gasteiger partial charge < -0.3 is 14.7 Å². The Morgan fingerprint density at radius 1 is 1.22 bits per heavy atom. The van der Waals surface area contributed by atoms with E-state index in [2.05, 4.69) is 0 Å². The summed E-state index contributed by atoms with van der Waals surface area (Å²) in [5, 5.41) is 9.96. The number of amides is 1. The Morgan fingerprint density at radius 2 is 1.92 bits per heavy atom. The molecular weight excluding hydrogens is 488 g/mol. The lowest BCUT2D eigenvalue weighted by Gasteiger charge is -2.71. The Labute approximate surface area is 214 Å². The lowest BCUT2D eigenvalue weighted by atomic mass is 9.38. The van der Waals surface area contributed by atoms with Crippen molar-refractivity contribution in [2.24, 2.45) is 17.3 Å². The number of carbonyl (C=O) groups is 2. The first-order valence-electron chi connectivity index (χ1n) is 13.0. The van der Waals surface area contributed by atoms with Crippen molar-refractivity contribution in [3.63, 3.8) is 0 Å². The highest BCUT2D eigenvalue weighted by Crippen LogP contribution is 2.71. The lowest BCUT2D eigenvalue weighted by Crippen LogP contribution is -2.77. The molecule has 1 atom stereocenters. The van der Waals surface area contributed by atoms with Crippen molar-refractivity contribution >= 4 is 23.5 Å². The maximum atomic E-state index is 13.9. The van der Waals surface area contributed by atoms with Crippen molar-refractivity contribution in [1.82, 2.24) is 4.90 Å². The summed E-state index contributed by atoms with van der Waals surface area (Å²) in [5.41, 5.74) is -0.341. The van der Waals surface area contributed by atoms with E-state index in [0.29, 0.717) is 36.6 Å². The zero-order valence-electron chi connectivity index (χ0n) is 20.5. The van der Waals surface area contributed by atoms with Crippen LogP contribution < -0.4 is 4.74 Å². The molecule has 0 radical (unpaired) electrons. The number of ether oxygens (including phenoxy) is 1. The number of allylic oxidation sites excluding steroid dienone is 1. The molecule has 1 aromatic rings. The molecule has 1 aromatic carbocycles. The summed E-state index contributed by atoms with van der Waals surface area (Å²) in [6.07, 6.45) is 7.56. The summed E-state index contributed by atoms with van der Waals surface area (Å²) >= 11 is 6.60. The Kier molecular flexibility index (Phi) is 5.33. The summed E-state index contributed by atoms with van der Waals surface area (Å²) in [7, 11) is 0. The van der Waals surface area contributed by atoms with Gasteiger partial charge in [-0.05, 0) is 60.8 Å². The second-order valence-corrected chi connectivity index (χ2v) is 12.6. The van der Waals surface area contributed by atoms with Crippen LogP contribution in [0.25, 0.3) is 0 Å². The molecule has 1 amide bonds. The molecule has 6 aliphatic rings. The maximum Gasteiger partial charge on any atom is 0.309 e. The predicted molar refractivity (Wildman–Crippen MR) is 130 cm³/mol. The number of carboxylic acids is 1. The molecule has 0 saturated heterocycles. The van der Waals surface area contributed by atoms with E-state index in [-0.39, 0.29) is 31.1 Å². The minimum Gasteiger partial charge on any atom is -0.492 e. The number of nitrogens with zero attached hydrogens (tertiary/aromatic N) is 1. The molecule has 0 spiro atoms. The molecule has 0 unspecified atom stereocenters. The Hall–Kier alpha value is -2.15. The van der Waals surface area contributed by atoms with Gasteiger partial charge in [0.25, 0.3) is 0 Å². The van der Waals surface area contributed by atoms with E-state index < -0.39 is 28.3 Å². The van der Waals surface area contributed by atoms with E-state index in [4.69, 9.17) is 16.3 Å². The fourth-order valence-corrected chi connectivity index (χ4v) is 7.48. The fraction of sp³-hybridized carbons (Fsp3) is 0.643. The Bertz CT molecular complexity index is 1130. The van der Waals surface area contributed by atoms with Crippen LogP contribution in [-0.2, 0) is 15.0 Å². The average Bonchev–Trinajstić information content (AvgIpc) is 2.68. The highest BCUT2D eigenvalue weighted by molar-refractivity contribution is 6.32. The number of aliphatic carboxylic acids is 1. The first-order chi connectivity index (χ1) is 17.0. The third kappa shape index (κ3) is 3.59. The molecule has 1 N–H and O–H groups in total. The number of hydrogen-bond donors (Lipinski definition) is 1. The lowest BCUT2D eigenvalue weighted by molar-refractivity contribution is -0.224. The molecule has 36 heavy (non-hydrogen) atoms. The van der Waals surface area contributed by atoms with E-state index in [0.717, 1.165) is 23.5 Å². The standard InChI is InChI=1S/C28H32ClF2NO4/c1-25(19-5-6-22(21(29)9-19)36-8-7-17-3-2-4-17)12-23(33)32(13-20(25)18-10-28(30,31)11-18)27-14-26(15-27,16-27)24(34)35/h5-6,9,13,17-18H,2-4,7-8,10-12,14-16H2,1H3,(H,34,35)/t25-,26?,27?/m0/s1. The molecule has 194 valence electrons. The number of hydrogen-bond acceptors (Lipinski definition) is 3. The van der Waals surface area contributed by atoms with Crippen LogP contribution >= 0.6 is 11.6 Å².